The van der Waals surface area contributed by atoms with Crippen molar-refractivity contribution in [3.63, 3.8) is 0 Å². The molecule has 2 rings (SSSR count). The van der Waals surface area contributed by atoms with E-state index in [0.29, 0.717) is 30.8 Å². The van der Waals surface area contributed by atoms with Crippen molar-refractivity contribution < 1.29 is 28.2 Å². The predicted octanol–water partition coefficient (Wildman–Crippen LogP) is 1.58. The summed E-state index contributed by atoms with van der Waals surface area (Å²) < 4.78 is 28.5. The molecule has 3 N–H and O–H groups in total. The van der Waals surface area contributed by atoms with Crippen LogP contribution in [0.5, 0.6) is 5.75 Å². The van der Waals surface area contributed by atoms with Crippen LogP contribution in [0.4, 0.5) is 4.79 Å². The summed E-state index contributed by atoms with van der Waals surface area (Å²) in [6.45, 7) is 0.619. The molecule has 1 aromatic carbocycles. The Labute approximate surface area is 141 Å². The first-order chi connectivity index (χ1) is 11.4. The van der Waals surface area contributed by atoms with Gasteiger partial charge in [0.1, 0.15) is 15.6 Å². The average molecular weight is 357 g/mol. The van der Waals surface area contributed by atoms with Gasteiger partial charge < -0.3 is 20.3 Å². The van der Waals surface area contributed by atoms with Gasteiger partial charge in [0.05, 0.1) is 24.2 Å². The number of sulfone groups is 1. The van der Waals surface area contributed by atoms with Gasteiger partial charge in [-0.25, -0.2) is 13.2 Å². The topological polar surface area (TPSA) is 113 Å². The molecule has 7 nitrogen and oxygen atoms in total. The number of nitrogens with one attached hydrogen (secondary N) is 1. The zero-order chi connectivity index (χ0) is 17.6. The molecule has 1 aromatic rings. The van der Waals surface area contributed by atoms with Gasteiger partial charge in [0.15, 0.2) is 0 Å². The smallest absolute Gasteiger partial charge is 0.404 e. The van der Waals surface area contributed by atoms with Crippen molar-refractivity contribution in [2.45, 2.75) is 25.4 Å². The van der Waals surface area contributed by atoms with E-state index >= 15 is 0 Å². The van der Waals surface area contributed by atoms with E-state index < -0.39 is 22.0 Å². The van der Waals surface area contributed by atoms with Crippen LogP contribution >= 0.6 is 0 Å². The van der Waals surface area contributed by atoms with Gasteiger partial charge in [-0.05, 0) is 42.9 Å². The molecule has 1 saturated heterocycles. The normalized spacial score (nSPS) is 18.7. The van der Waals surface area contributed by atoms with E-state index in [2.05, 4.69) is 5.32 Å². The van der Waals surface area contributed by atoms with Gasteiger partial charge in [-0.3, -0.25) is 0 Å². The van der Waals surface area contributed by atoms with Gasteiger partial charge in [-0.1, -0.05) is 12.1 Å². The lowest BCUT2D eigenvalue weighted by molar-refractivity contribution is 0.161. The van der Waals surface area contributed by atoms with Gasteiger partial charge in [0.25, 0.3) is 0 Å². The van der Waals surface area contributed by atoms with Crippen LogP contribution in [0.2, 0.25) is 0 Å². The van der Waals surface area contributed by atoms with E-state index in [1.807, 2.05) is 0 Å². The molecule has 1 aliphatic rings. The highest BCUT2D eigenvalue weighted by atomic mass is 32.2. The lowest BCUT2D eigenvalue weighted by Gasteiger charge is -2.22. The monoisotopic (exact) mass is 357 g/mol. The zero-order valence-corrected chi connectivity index (χ0v) is 14.2. The number of carbonyl (C=O) groups is 1. The second-order valence-corrected chi connectivity index (χ2v) is 8.32. The number of amides is 1. The first kappa shape index (κ1) is 18.5. The Morgan fingerprint density at radius 1 is 1.33 bits per heavy atom. The van der Waals surface area contributed by atoms with Crippen molar-refractivity contribution in [3.8, 4) is 5.75 Å². The summed E-state index contributed by atoms with van der Waals surface area (Å²) in [6, 6.07) is 7.03. The Hall–Kier alpha value is -1.80. The zero-order valence-electron chi connectivity index (χ0n) is 13.3. The van der Waals surface area contributed by atoms with E-state index in [0.717, 1.165) is 0 Å². The third-order valence-electron chi connectivity index (χ3n) is 4.10. The molecule has 0 saturated carbocycles. The maximum Gasteiger partial charge on any atom is 0.404 e. The van der Waals surface area contributed by atoms with Crippen LogP contribution in [0.3, 0.4) is 0 Å². The summed E-state index contributed by atoms with van der Waals surface area (Å²) in [4.78, 5) is 10.4. The molecular formula is C16H23NO6S. The van der Waals surface area contributed by atoms with Crippen LogP contribution in [0, 0.1) is 5.92 Å². The number of aliphatic hydroxyl groups is 1. The van der Waals surface area contributed by atoms with Crippen molar-refractivity contribution in [1.29, 1.82) is 0 Å². The Morgan fingerprint density at radius 3 is 2.71 bits per heavy atom. The number of aliphatic hydroxyl groups excluding tert-OH is 1. The van der Waals surface area contributed by atoms with Gasteiger partial charge in [-0.15, -0.1) is 0 Å². The quantitative estimate of drug-likeness (QED) is 0.683. The van der Waals surface area contributed by atoms with Crippen LogP contribution in [0.25, 0.3) is 0 Å². The molecule has 1 atom stereocenters. The fraction of sp³-hybridized carbons (Fsp3) is 0.562. The molecule has 0 spiro atoms. The van der Waals surface area contributed by atoms with Gasteiger partial charge in [-0.2, -0.15) is 0 Å². The highest BCUT2D eigenvalue weighted by Gasteiger charge is 2.24. The molecule has 1 amide bonds. The molecule has 24 heavy (non-hydrogen) atoms. The number of ether oxygens (including phenoxy) is 1. The number of hydrogen-bond donors (Lipinski definition) is 3. The van der Waals surface area contributed by atoms with Crippen molar-refractivity contribution in [2.24, 2.45) is 5.92 Å². The van der Waals surface area contributed by atoms with E-state index in [1.54, 1.807) is 24.3 Å². The fourth-order valence-electron chi connectivity index (χ4n) is 2.61. The molecule has 8 heteroatoms. The van der Waals surface area contributed by atoms with Crippen LogP contribution in [-0.2, 0) is 9.84 Å². The lowest BCUT2D eigenvalue weighted by Crippen LogP contribution is -2.26. The molecule has 0 radical (unpaired) electrons. The SMILES string of the molecule is O=C(O)NCCC(O)c1cccc(OCC2CCS(=O)(=O)CC2)c1. The van der Waals surface area contributed by atoms with Crippen LogP contribution in [-0.4, -0.2) is 49.4 Å². The summed E-state index contributed by atoms with van der Waals surface area (Å²) in [5.74, 6) is 1.28. The maximum absolute atomic E-state index is 11.4. The summed E-state index contributed by atoms with van der Waals surface area (Å²) >= 11 is 0. The highest BCUT2D eigenvalue weighted by molar-refractivity contribution is 7.91. The van der Waals surface area contributed by atoms with Crippen molar-refractivity contribution >= 4 is 15.9 Å². The Balaban J connectivity index is 1.83. The molecule has 134 valence electrons. The molecule has 0 bridgehead atoms. The molecule has 0 aliphatic carbocycles. The molecule has 1 aliphatic heterocycles. The van der Waals surface area contributed by atoms with Gasteiger partial charge in [0, 0.05) is 6.54 Å². The number of benzene rings is 1. The minimum Gasteiger partial charge on any atom is -0.493 e. The number of carboxylic acid groups (broad SMARTS) is 1. The summed E-state index contributed by atoms with van der Waals surface area (Å²) in [5, 5.41) is 20.8. The van der Waals surface area contributed by atoms with Crippen molar-refractivity contribution in [2.75, 3.05) is 24.7 Å². The molecule has 1 fully saturated rings. The Morgan fingerprint density at radius 2 is 2.04 bits per heavy atom. The average Bonchev–Trinajstić information content (AvgIpc) is 2.53. The van der Waals surface area contributed by atoms with E-state index in [4.69, 9.17) is 9.84 Å². The third-order valence-corrected chi connectivity index (χ3v) is 5.81. The first-order valence-corrected chi connectivity index (χ1v) is 9.76. The van der Waals surface area contributed by atoms with Crippen LogP contribution < -0.4 is 10.1 Å². The van der Waals surface area contributed by atoms with Gasteiger partial charge >= 0.3 is 6.09 Å². The van der Waals surface area contributed by atoms with E-state index in [1.165, 1.54) is 0 Å². The van der Waals surface area contributed by atoms with Crippen LogP contribution in [0.1, 0.15) is 30.9 Å². The molecule has 0 aromatic heterocycles. The highest BCUT2D eigenvalue weighted by Crippen LogP contribution is 2.24. The number of rotatable bonds is 7. The summed E-state index contributed by atoms with van der Waals surface area (Å²) in [6.07, 6.45) is -0.387. The number of hydrogen-bond acceptors (Lipinski definition) is 5. The second-order valence-electron chi connectivity index (χ2n) is 6.02. The van der Waals surface area contributed by atoms with E-state index in [9.17, 15) is 18.3 Å². The summed E-state index contributed by atoms with van der Waals surface area (Å²) in [7, 11) is -2.87. The second kappa shape index (κ2) is 8.34. The molecule has 1 heterocycles. The van der Waals surface area contributed by atoms with Crippen LogP contribution in [0.15, 0.2) is 24.3 Å². The Kier molecular flexibility index (Phi) is 6.44. The van der Waals surface area contributed by atoms with Crippen molar-refractivity contribution in [3.05, 3.63) is 29.8 Å². The van der Waals surface area contributed by atoms with Crippen molar-refractivity contribution in [1.82, 2.24) is 5.32 Å². The lowest BCUT2D eigenvalue weighted by atomic mass is 10.0. The summed E-state index contributed by atoms with van der Waals surface area (Å²) in [5.41, 5.74) is 0.658. The Bertz CT molecular complexity index is 646. The largest absolute Gasteiger partial charge is 0.493 e. The minimum absolute atomic E-state index is 0.165. The van der Waals surface area contributed by atoms with E-state index in [-0.39, 0.29) is 30.4 Å². The minimum atomic E-state index is -2.87. The maximum atomic E-state index is 11.4. The van der Waals surface area contributed by atoms with Gasteiger partial charge in [0.2, 0.25) is 0 Å². The molecule has 1 unspecified atom stereocenters. The third kappa shape index (κ3) is 6.01. The standard InChI is InChI=1S/C16H23NO6S/c18-15(4-7-17-16(19)20)13-2-1-3-14(10-13)23-11-12-5-8-24(21,22)9-6-12/h1-3,10,12,15,17-18H,4-9,11H2,(H,19,20). The first-order valence-electron chi connectivity index (χ1n) is 7.94. The molecular weight excluding hydrogens is 334 g/mol. The predicted molar refractivity (Wildman–Crippen MR) is 88.9 cm³/mol. The fourth-order valence-corrected chi connectivity index (χ4v) is 4.20.